The third-order valence-electron chi connectivity index (χ3n) is 7.37. The molecule has 4 aliphatic rings. The smallest absolute Gasteiger partial charge is 0.250 e. The van der Waals surface area contributed by atoms with Crippen molar-refractivity contribution in [2.75, 3.05) is 11.9 Å². The van der Waals surface area contributed by atoms with Crippen LogP contribution in [0, 0.1) is 25.7 Å². The molecule has 1 aromatic carbocycles. The van der Waals surface area contributed by atoms with E-state index in [-0.39, 0.29) is 23.8 Å². The predicted octanol–water partition coefficient (Wildman–Crippen LogP) is 2.33. The van der Waals surface area contributed by atoms with Crippen LogP contribution < -0.4 is 5.32 Å². The third-order valence-corrected chi connectivity index (χ3v) is 7.37. The molecule has 1 aromatic rings. The van der Waals surface area contributed by atoms with Gasteiger partial charge in [-0.05, 0) is 65.1 Å². The van der Waals surface area contributed by atoms with Gasteiger partial charge in [-0.25, -0.2) is 0 Å². The molecule has 0 aromatic heterocycles. The molecule has 4 heterocycles. The molecule has 148 valence electrons. The summed E-state index contributed by atoms with van der Waals surface area (Å²) >= 11 is 0. The van der Waals surface area contributed by atoms with Crippen LogP contribution in [0.5, 0.6) is 0 Å². The van der Waals surface area contributed by atoms with Gasteiger partial charge in [0, 0.05) is 22.8 Å². The van der Waals surface area contributed by atoms with Gasteiger partial charge in [0.2, 0.25) is 17.7 Å². The fourth-order valence-corrected chi connectivity index (χ4v) is 6.18. The first-order valence-electron chi connectivity index (χ1n) is 10.2. The molecular weight excluding hydrogens is 354 g/mol. The van der Waals surface area contributed by atoms with Crippen molar-refractivity contribution in [2.24, 2.45) is 11.8 Å². The Morgan fingerprint density at radius 3 is 2.50 bits per heavy atom. The molecular formula is C22H27N3O3. The van der Waals surface area contributed by atoms with Gasteiger partial charge in [-0.2, -0.15) is 0 Å². The molecule has 3 saturated heterocycles. The van der Waals surface area contributed by atoms with E-state index < -0.39 is 22.9 Å². The van der Waals surface area contributed by atoms with E-state index in [0.717, 1.165) is 41.8 Å². The van der Waals surface area contributed by atoms with Crippen LogP contribution in [0.2, 0.25) is 0 Å². The Labute approximate surface area is 165 Å². The minimum atomic E-state index is -1.06. The summed E-state index contributed by atoms with van der Waals surface area (Å²) in [6.07, 6.45) is 1.80. The van der Waals surface area contributed by atoms with Crippen LogP contribution in [0.4, 0.5) is 5.69 Å². The van der Waals surface area contributed by atoms with Gasteiger partial charge in [0.05, 0.1) is 11.8 Å². The Balaban J connectivity index is 1.77. The van der Waals surface area contributed by atoms with E-state index in [9.17, 15) is 14.4 Å². The normalized spacial score (nSPS) is 34.2. The van der Waals surface area contributed by atoms with Gasteiger partial charge < -0.3 is 5.32 Å². The van der Waals surface area contributed by atoms with Crippen molar-refractivity contribution in [1.29, 1.82) is 0 Å². The minimum absolute atomic E-state index is 0.0490. The molecule has 4 atom stereocenters. The Hall–Kier alpha value is -2.21. The quantitative estimate of drug-likeness (QED) is 0.701. The first kappa shape index (κ1) is 17.9. The number of anilines is 1. The Morgan fingerprint density at radius 2 is 1.82 bits per heavy atom. The number of fused-ring (bicyclic) bond motifs is 7. The summed E-state index contributed by atoms with van der Waals surface area (Å²) in [6.45, 7) is 10.4. The highest BCUT2D eigenvalue weighted by Gasteiger charge is 2.75. The van der Waals surface area contributed by atoms with E-state index in [1.165, 1.54) is 4.90 Å². The monoisotopic (exact) mass is 381 g/mol. The summed E-state index contributed by atoms with van der Waals surface area (Å²) in [6, 6.07) is 3.97. The fourth-order valence-electron chi connectivity index (χ4n) is 6.18. The van der Waals surface area contributed by atoms with Crippen molar-refractivity contribution in [2.45, 2.75) is 64.6 Å². The molecule has 0 aliphatic carbocycles. The van der Waals surface area contributed by atoms with Crippen LogP contribution in [0.3, 0.4) is 0 Å². The minimum Gasteiger partial charge on any atom is -0.324 e. The van der Waals surface area contributed by atoms with Crippen molar-refractivity contribution < 1.29 is 14.4 Å². The number of carbonyl (C=O) groups is 3. The predicted molar refractivity (Wildman–Crippen MR) is 105 cm³/mol. The molecule has 6 nitrogen and oxygen atoms in total. The molecule has 4 aliphatic heterocycles. The summed E-state index contributed by atoms with van der Waals surface area (Å²) in [5.74, 6) is -1.53. The number of carbonyl (C=O) groups excluding carboxylic acids is 3. The summed E-state index contributed by atoms with van der Waals surface area (Å²) in [7, 11) is 0. The second-order valence-electron chi connectivity index (χ2n) is 9.74. The molecule has 0 saturated carbocycles. The van der Waals surface area contributed by atoms with E-state index >= 15 is 0 Å². The van der Waals surface area contributed by atoms with Crippen LogP contribution >= 0.6 is 0 Å². The van der Waals surface area contributed by atoms with E-state index in [1.807, 2.05) is 46.8 Å². The summed E-state index contributed by atoms with van der Waals surface area (Å²) in [4.78, 5) is 44.2. The maximum Gasteiger partial charge on any atom is 0.250 e. The zero-order valence-corrected chi connectivity index (χ0v) is 17.1. The van der Waals surface area contributed by atoms with Crippen molar-refractivity contribution in [3.05, 3.63) is 28.8 Å². The third kappa shape index (κ3) is 1.80. The highest BCUT2D eigenvalue weighted by Crippen LogP contribution is 2.61. The second kappa shape index (κ2) is 5.23. The number of hydrogen-bond donors (Lipinski definition) is 1. The van der Waals surface area contributed by atoms with Crippen molar-refractivity contribution in [1.82, 2.24) is 9.80 Å². The lowest BCUT2D eigenvalue weighted by Gasteiger charge is -2.38. The average molecular weight is 381 g/mol. The molecule has 28 heavy (non-hydrogen) atoms. The number of benzene rings is 1. The Morgan fingerprint density at radius 1 is 1.11 bits per heavy atom. The highest BCUT2D eigenvalue weighted by molar-refractivity contribution is 6.15. The maximum atomic E-state index is 13.6. The summed E-state index contributed by atoms with van der Waals surface area (Å²) in [5.41, 5.74) is 2.18. The van der Waals surface area contributed by atoms with Gasteiger partial charge in [-0.3, -0.25) is 24.2 Å². The van der Waals surface area contributed by atoms with Crippen LogP contribution in [0.1, 0.15) is 50.3 Å². The van der Waals surface area contributed by atoms with Gasteiger partial charge in [0.25, 0.3) is 0 Å². The standard InChI is InChI=1S/C22H27N3O3/c1-11-8-9-13-17(12(11)2)23-20(28)22(13)16-15(14-7-6-10-24(14)22)18(26)25(19(16)27)21(3,4)5/h8-9,14-16H,6-7,10H2,1-5H3,(H,23,28). The number of nitrogens with zero attached hydrogens (tertiary/aromatic N) is 2. The van der Waals surface area contributed by atoms with Crippen molar-refractivity contribution in [3.63, 3.8) is 0 Å². The van der Waals surface area contributed by atoms with Crippen LogP contribution in [0.15, 0.2) is 12.1 Å². The molecule has 1 spiro atoms. The topological polar surface area (TPSA) is 69.7 Å². The average Bonchev–Trinajstić information content (AvgIpc) is 3.29. The number of amides is 3. The lowest BCUT2D eigenvalue weighted by Crippen LogP contribution is -2.56. The Bertz CT molecular complexity index is 947. The van der Waals surface area contributed by atoms with Gasteiger partial charge >= 0.3 is 0 Å². The molecule has 1 N–H and O–H groups in total. The summed E-state index contributed by atoms with van der Waals surface area (Å²) < 4.78 is 0. The van der Waals surface area contributed by atoms with E-state index in [4.69, 9.17) is 0 Å². The van der Waals surface area contributed by atoms with Crippen molar-refractivity contribution in [3.8, 4) is 0 Å². The van der Waals surface area contributed by atoms with Crippen LogP contribution in [-0.2, 0) is 19.9 Å². The molecule has 0 radical (unpaired) electrons. The SMILES string of the molecule is Cc1ccc2c(c1C)NC(=O)C21C2C(=O)N(C(C)(C)C)C(=O)C2C2CCCN21. The fraction of sp³-hybridized carbons (Fsp3) is 0.591. The molecule has 4 unspecified atom stereocenters. The van der Waals surface area contributed by atoms with E-state index in [1.54, 1.807) is 0 Å². The number of aryl methyl sites for hydroxylation is 1. The van der Waals surface area contributed by atoms with Crippen LogP contribution in [0.25, 0.3) is 0 Å². The van der Waals surface area contributed by atoms with Gasteiger partial charge in [-0.1, -0.05) is 12.1 Å². The Kier molecular flexibility index (Phi) is 3.34. The van der Waals surface area contributed by atoms with Crippen molar-refractivity contribution >= 4 is 23.4 Å². The molecule has 6 heteroatoms. The zero-order chi connectivity index (χ0) is 20.2. The second-order valence-corrected chi connectivity index (χ2v) is 9.74. The molecule has 3 fully saturated rings. The number of nitrogens with one attached hydrogen (secondary N) is 1. The summed E-state index contributed by atoms with van der Waals surface area (Å²) in [5, 5.41) is 3.09. The first-order chi connectivity index (χ1) is 13.1. The molecule has 0 bridgehead atoms. The van der Waals surface area contributed by atoms with E-state index in [2.05, 4.69) is 10.2 Å². The van der Waals surface area contributed by atoms with Gasteiger partial charge in [0.1, 0.15) is 5.54 Å². The van der Waals surface area contributed by atoms with Gasteiger partial charge in [-0.15, -0.1) is 0 Å². The maximum absolute atomic E-state index is 13.6. The molecule has 5 rings (SSSR count). The zero-order valence-electron chi connectivity index (χ0n) is 17.1. The number of hydrogen-bond acceptors (Lipinski definition) is 4. The first-order valence-corrected chi connectivity index (χ1v) is 10.2. The van der Waals surface area contributed by atoms with Gasteiger partial charge in [0.15, 0.2) is 0 Å². The highest BCUT2D eigenvalue weighted by atomic mass is 16.2. The lowest BCUT2D eigenvalue weighted by atomic mass is 9.75. The van der Waals surface area contributed by atoms with E-state index in [0.29, 0.717) is 0 Å². The largest absolute Gasteiger partial charge is 0.324 e. The molecule has 3 amide bonds. The number of rotatable bonds is 0. The lowest BCUT2D eigenvalue weighted by molar-refractivity contribution is -0.150. The van der Waals surface area contributed by atoms with Crippen LogP contribution in [-0.4, -0.2) is 45.6 Å². The number of likely N-dealkylation sites (tertiary alicyclic amines) is 1. The number of imide groups is 1.